The van der Waals surface area contributed by atoms with Gasteiger partial charge in [0.25, 0.3) is 0 Å². The van der Waals surface area contributed by atoms with Crippen LogP contribution in [0.25, 0.3) is 0 Å². The molecule has 4 nitrogen and oxygen atoms in total. The Morgan fingerprint density at radius 1 is 1.16 bits per heavy atom. The van der Waals surface area contributed by atoms with Gasteiger partial charge in [0.05, 0.1) is 12.3 Å². The maximum atomic E-state index is 5.92. The lowest BCUT2D eigenvalue weighted by Crippen LogP contribution is -2.29. The first-order chi connectivity index (χ1) is 9.10. The summed E-state index contributed by atoms with van der Waals surface area (Å²) >= 11 is 3.59. The van der Waals surface area contributed by atoms with Gasteiger partial charge < -0.3 is 20.1 Å². The minimum atomic E-state index is 0.697. The Kier molecular flexibility index (Phi) is 7.20. The SMILES string of the molecule is COCCCN(CCOC)c1cc(C)c(N)cc1Br. The lowest BCUT2D eigenvalue weighted by atomic mass is 10.1. The smallest absolute Gasteiger partial charge is 0.0637 e. The molecule has 0 spiro atoms. The third-order valence-electron chi connectivity index (χ3n) is 3.02. The van der Waals surface area contributed by atoms with E-state index in [0.29, 0.717) is 6.61 Å². The van der Waals surface area contributed by atoms with Gasteiger partial charge in [-0.15, -0.1) is 0 Å². The average molecular weight is 331 g/mol. The number of benzene rings is 1. The molecule has 0 amide bonds. The molecular formula is C14H23BrN2O2. The molecule has 19 heavy (non-hydrogen) atoms. The van der Waals surface area contributed by atoms with Crippen LogP contribution in [0.3, 0.4) is 0 Å². The van der Waals surface area contributed by atoms with Crippen molar-refractivity contribution < 1.29 is 9.47 Å². The Balaban J connectivity index is 2.85. The van der Waals surface area contributed by atoms with Crippen molar-refractivity contribution in [1.29, 1.82) is 0 Å². The Bertz CT molecular complexity index is 399. The summed E-state index contributed by atoms with van der Waals surface area (Å²) in [4.78, 5) is 2.29. The normalized spacial score (nSPS) is 10.7. The Morgan fingerprint density at radius 2 is 1.84 bits per heavy atom. The van der Waals surface area contributed by atoms with Gasteiger partial charge >= 0.3 is 0 Å². The molecule has 1 aromatic rings. The second-order valence-electron chi connectivity index (χ2n) is 4.49. The summed E-state index contributed by atoms with van der Waals surface area (Å²) in [7, 11) is 3.44. The zero-order chi connectivity index (χ0) is 14.3. The Morgan fingerprint density at radius 3 is 2.47 bits per heavy atom. The van der Waals surface area contributed by atoms with Gasteiger partial charge in [0, 0.05) is 44.1 Å². The second kappa shape index (κ2) is 8.40. The molecule has 2 N–H and O–H groups in total. The van der Waals surface area contributed by atoms with E-state index in [1.807, 2.05) is 13.0 Å². The Hall–Kier alpha value is -0.780. The van der Waals surface area contributed by atoms with Crippen LogP contribution in [0.15, 0.2) is 16.6 Å². The quantitative estimate of drug-likeness (QED) is 0.588. The van der Waals surface area contributed by atoms with E-state index >= 15 is 0 Å². The monoisotopic (exact) mass is 330 g/mol. The van der Waals surface area contributed by atoms with E-state index in [1.165, 1.54) is 0 Å². The maximum absolute atomic E-state index is 5.92. The molecule has 0 radical (unpaired) electrons. The number of rotatable bonds is 8. The third-order valence-corrected chi connectivity index (χ3v) is 3.65. The van der Waals surface area contributed by atoms with Crippen LogP contribution in [-0.2, 0) is 9.47 Å². The number of nitrogens with zero attached hydrogens (tertiary/aromatic N) is 1. The highest BCUT2D eigenvalue weighted by molar-refractivity contribution is 9.10. The predicted molar refractivity (Wildman–Crippen MR) is 83.9 cm³/mol. The van der Waals surface area contributed by atoms with Crippen LogP contribution in [0, 0.1) is 6.92 Å². The van der Waals surface area contributed by atoms with E-state index < -0.39 is 0 Å². The average Bonchev–Trinajstić information content (AvgIpc) is 2.38. The number of aryl methyl sites for hydroxylation is 1. The molecule has 1 rings (SSSR count). The van der Waals surface area contributed by atoms with Crippen molar-refractivity contribution >= 4 is 27.3 Å². The van der Waals surface area contributed by atoms with Crippen molar-refractivity contribution in [3.8, 4) is 0 Å². The van der Waals surface area contributed by atoms with Gasteiger partial charge in [0.2, 0.25) is 0 Å². The minimum Gasteiger partial charge on any atom is -0.398 e. The molecule has 0 fully saturated rings. The van der Waals surface area contributed by atoms with Crippen molar-refractivity contribution in [1.82, 2.24) is 0 Å². The van der Waals surface area contributed by atoms with E-state index in [-0.39, 0.29) is 0 Å². The van der Waals surface area contributed by atoms with Gasteiger partial charge in [0.1, 0.15) is 0 Å². The van der Waals surface area contributed by atoms with Crippen molar-refractivity contribution in [3.05, 3.63) is 22.2 Å². The fourth-order valence-corrected chi connectivity index (χ4v) is 2.49. The molecule has 0 aromatic heterocycles. The largest absolute Gasteiger partial charge is 0.398 e. The maximum Gasteiger partial charge on any atom is 0.0637 e. The summed E-state index contributed by atoms with van der Waals surface area (Å²) in [5.41, 5.74) is 8.97. The number of nitrogen functional groups attached to an aromatic ring is 1. The molecule has 0 aliphatic heterocycles. The minimum absolute atomic E-state index is 0.697. The van der Waals surface area contributed by atoms with Gasteiger partial charge in [0.15, 0.2) is 0 Å². The number of halogens is 1. The van der Waals surface area contributed by atoms with Gasteiger partial charge in [-0.05, 0) is 47.0 Å². The van der Waals surface area contributed by atoms with Crippen LogP contribution in [-0.4, -0.2) is 40.5 Å². The zero-order valence-corrected chi connectivity index (χ0v) is 13.5. The number of anilines is 2. The fourth-order valence-electron chi connectivity index (χ4n) is 1.88. The first-order valence-electron chi connectivity index (χ1n) is 6.38. The molecule has 0 saturated heterocycles. The van der Waals surface area contributed by atoms with Crippen LogP contribution < -0.4 is 10.6 Å². The van der Waals surface area contributed by atoms with Crippen LogP contribution in [0.4, 0.5) is 11.4 Å². The number of ether oxygens (including phenoxy) is 2. The van der Waals surface area contributed by atoms with Crippen LogP contribution in [0.1, 0.15) is 12.0 Å². The van der Waals surface area contributed by atoms with Crippen molar-refractivity contribution in [2.45, 2.75) is 13.3 Å². The molecule has 108 valence electrons. The first-order valence-corrected chi connectivity index (χ1v) is 7.18. The summed E-state index contributed by atoms with van der Waals surface area (Å²) in [6.45, 7) is 5.26. The highest BCUT2D eigenvalue weighted by Crippen LogP contribution is 2.30. The van der Waals surface area contributed by atoms with Crippen molar-refractivity contribution in [2.24, 2.45) is 0 Å². The molecule has 0 heterocycles. The lowest BCUT2D eigenvalue weighted by molar-refractivity contribution is 0.191. The number of hydrogen-bond acceptors (Lipinski definition) is 4. The van der Waals surface area contributed by atoms with E-state index in [2.05, 4.69) is 26.9 Å². The molecule has 0 bridgehead atoms. The van der Waals surface area contributed by atoms with Gasteiger partial charge in [-0.3, -0.25) is 0 Å². The molecule has 0 aliphatic rings. The van der Waals surface area contributed by atoms with E-state index in [9.17, 15) is 0 Å². The number of methoxy groups -OCH3 is 2. The second-order valence-corrected chi connectivity index (χ2v) is 5.34. The molecule has 0 aliphatic carbocycles. The van der Waals surface area contributed by atoms with Crippen LogP contribution >= 0.6 is 15.9 Å². The highest BCUT2D eigenvalue weighted by atomic mass is 79.9. The van der Waals surface area contributed by atoms with Crippen molar-refractivity contribution in [2.75, 3.05) is 51.2 Å². The molecule has 0 saturated carbocycles. The van der Waals surface area contributed by atoms with E-state index in [1.54, 1.807) is 14.2 Å². The fraction of sp³-hybridized carbons (Fsp3) is 0.571. The summed E-state index contributed by atoms with van der Waals surface area (Å²) in [5, 5.41) is 0. The molecule has 0 unspecified atom stereocenters. The van der Waals surface area contributed by atoms with Crippen molar-refractivity contribution in [3.63, 3.8) is 0 Å². The van der Waals surface area contributed by atoms with Crippen LogP contribution in [0.5, 0.6) is 0 Å². The standard InChI is InChI=1S/C14H23BrN2O2/c1-11-9-14(12(15)10-13(11)16)17(6-8-19-3)5-4-7-18-2/h9-10H,4-8,16H2,1-3H3. The third kappa shape index (κ3) is 5.01. The molecular weight excluding hydrogens is 308 g/mol. The van der Waals surface area contributed by atoms with E-state index in [4.69, 9.17) is 15.2 Å². The predicted octanol–water partition coefficient (Wildman–Crippen LogP) is 2.83. The zero-order valence-electron chi connectivity index (χ0n) is 11.9. The summed E-state index contributed by atoms with van der Waals surface area (Å²) in [6, 6.07) is 4.07. The van der Waals surface area contributed by atoms with E-state index in [0.717, 1.165) is 47.5 Å². The topological polar surface area (TPSA) is 47.7 Å². The first kappa shape index (κ1) is 16.3. The lowest BCUT2D eigenvalue weighted by Gasteiger charge is -2.26. The highest BCUT2D eigenvalue weighted by Gasteiger charge is 2.11. The Labute approximate surface area is 124 Å². The number of nitrogens with two attached hydrogens (primary N) is 1. The van der Waals surface area contributed by atoms with Gasteiger partial charge in [-0.2, -0.15) is 0 Å². The summed E-state index contributed by atoms with van der Waals surface area (Å²) in [5.74, 6) is 0. The number of hydrogen-bond donors (Lipinski definition) is 1. The molecule has 5 heteroatoms. The summed E-state index contributed by atoms with van der Waals surface area (Å²) < 4.78 is 11.3. The molecule has 1 aromatic carbocycles. The van der Waals surface area contributed by atoms with Gasteiger partial charge in [-0.25, -0.2) is 0 Å². The van der Waals surface area contributed by atoms with Crippen LogP contribution in [0.2, 0.25) is 0 Å². The van der Waals surface area contributed by atoms with Gasteiger partial charge in [-0.1, -0.05) is 0 Å². The summed E-state index contributed by atoms with van der Waals surface area (Å²) in [6.07, 6.45) is 0.982. The molecule has 0 atom stereocenters.